The second kappa shape index (κ2) is 5.18. The fraction of sp³-hybridized carbons (Fsp3) is 0.250. The van der Waals surface area contributed by atoms with Crippen molar-refractivity contribution in [3.63, 3.8) is 0 Å². The van der Waals surface area contributed by atoms with E-state index < -0.39 is 5.56 Å². The zero-order valence-electron chi connectivity index (χ0n) is 11.8. The summed E-state index contributed by atoms with van der Waals surface area (Å²) in [5.74, 6) is -0.0776. The number of hydrogen-bond acceptors (Lipinski definition) is 4. The summed E-state index contributed by atoms with van der Waals surface area (Å²) in [6.07, 6.45) is 0.661. The highest BCUT2D eigenvalue weighted by atomic mass is 16.3. The SMILES string of the molecule is CN1CCc2c(c(O)[nH]c(=O)c2C(=N)c2ccccc2)C1. The normalized spacial score (nSPS) is 14.7. The van der Waals surface area contributed by atoms with Crippen LogP contribution in [0, 0.1) is 5.41 Å². The Morgan fingerprint density at radius 1 is 1.29 bits per heavy atom. The third-order valence-corrected chi connectivity index (χ3v) is 3.89. The van der Waals surface area contributed by atoms with Crippen LogP contribution in [0.5, 0.6) is 5.88 Å². The van der Waals surface area contributed by atoms with Gasteiger partial charge in [0.15, 0.2) is 5.88 Å². The van der Waals surface area contributed by atoms with Gasteiger partial charge in [-0.25, -0.2) is 0 Å². The summed E-state index contributed by atoms with van der Waals surface area (Å²) in [6, 6.07) is 9.20. The second-order valence-electron chi connectivity index (χ2n) is 5.36. The molecule has 2 heterocycles. The molecule has 0 saturated heterocycles. The third kappa shape index (κ3) is 2.36. The fourth-order valence-electron chi connectivity index (χ4n) is 2.79. The Morgan fingerprint density at radius 3 is 2.71 bits per heavy atom. The lowest BCUT2D eigenvalue weighted by atomic mass is 9.91. The van der Waals surface area contributed by atoms with Crippen LogP contribution in [0.15, 0.2) is 35.1 Å². The van der Waals surface area contributed by atoms with Crippen molar-refractivity contribution in [3.05, 3.63) is 62.9 Å². The first-order valence-electron chi connectivity index (χ1n) is 6.88. The number of fused-ring (bicyclic) bond motifs is 1. The number of benzene rings is 1. The van der Waals surface area contributed by atoms with Crippen molar-refractivity contribution in [2.45, 2.75) is 13.0 Å². The molecule has 0 fully saturated rings. The highest BCUT2D eigenvalue weighted by molar-refractivity contribution is 6.11. The van der Waals surface area contributed by atoms with Crippen LogP contribution in [0.3, 0.4) is 0 Å². The van der Waals surface area contributed by atoms with E-state index in [-0.39, 0.29) is 11.6 Å². The van der Waals surface area contributed by atoms with Crippen LogP contribution in [-0.2, 0) is 13.0 Å². The molecule has 1 aromatic heterocycles. The molecule has 0 saturated carbocycles. The predicted octanol–water partition coefficient (Wildman–Crippen LogP) is 1.48. The Hall–Kier alpha value is -2.40. The molecule has 0 spiro atoms. The lowest BCUT2D eigenvalue weighted by Crippen LogP contribution is -2.32. The van der Waals surface area contributed by atoms with Crippen LogP contribution < -0.4 is 5.56 Å². The molecule has 5 heteroatoms. The lowest BCUT2D eigenvalue weighted by Gasteiger charge is -2.27. The minimum absolute atomic E-state index is 0.0776. The maximum atomic E-state index is 12.2. The van der Waals surface area contributed by atoms with Crippen LogP contribution in [0.2, 0.25) is 0 Å². The van der Waals surface area contributed by atoms with Crippen molar-refractivity contribution in [2.75, 3.05) is 13.6 Å². The highest BCUT2D eigenvalue weighted by Crippen LogP contribution is 2.26. The number of H-pyrrole nitrogens is 1. The highest BCUT2D eigenvalue weighted by Gasteiger charge is 2.25. The molecule has 1 aromatic carbocycles. The van der Waals surface area contributed by atoms with E-state index in [0.29, 0.717) is 24.1 Å². The van der Waals surface area contributed by atoms with E-state index in [1.807, 2.05) is 37.4 Å². The topological polar surface area (TPSA) is 80.2 Å². The predicted molar refractivity (Wildman–Crippen MR) is 81.1 cm³/mol. The van der Waals surface area contributed by atoms with Gasteiger partial charge in [-0.2, -0.15) is 0 Å². The molecule has 5 nitrogen and oxygen atoms in total. The molecule has 3 rings (SSSR count). The summed E-state index contributed by atoms with van der Waals surface area (Å²) in [5, 5.41) is 18.3. The van der Waals surface area contributed by atoms with Gasteiger partial charge in [0, 0.05) is 24.2 Å². The number of aromatic hydroxyl groups is 1. The number of pyridine rings is 1. The van der Waals surface area contributed by atoms with Gasteiger partial charge < -0.3 is 10.0 Å². The zero-order valence-corrected chi connectivity index (χ0v) is 11.8. The summed E-state index contributed by atoms with van der Waals surface area (Å²) in [5.41, 5.74) is 2.40. The molecule has 108 valence electrons. The first kappa shape index (κ1) is 13.6. The van der Waals surface area contributed by atoms with Crippen LogP contribution in [0.4, 0.5) is 0 Å². The van der Waals surface area contributed by atoms with Crippen LogP contribution in [-0.4, -0.2) is 34.3 Å². The number of nitrogens with one attached hydrogen (secondary N) is 2. The van der Waals surface area contributed by atoms with Crippen LogP contribution in [0.25, 0.3) is 0 Å². The standard InChI is InChI=1S/C16H17N3O2/c1-19-8-7-11-12(9-19)15(20)18-16(21)13(11)14(17)10-5-3-2-4-6-10/h2-6,17H,7-9H2,1H3,(H2,18,20,21). The fourth-order valence-corrected chi connectivity index (χ4v) is 2.79. The van der Waals surface area contributed by atoms with Gasteiger partial charge in [0.2, 0.25) is 0 Å². The summed E-state index contributed by atoms with van der Waals surface area (Å²) in [4.78, 5) is 16.8. The van der Waals surface area contributed by atoms with Gasteiger partial charge in [0.1, 0.15) is 0 Å². The molecule has 21 heavy (non-hydrogen) atoms. The van der Waals surface area contributed by atoms with Crippen LogP contribution >= 0.6 is 0 Å². The third-order valence-electron chi connectivity index (χ3n) is 3.89. The maximum Gasteiger partial charge on any atom is 0.260 e. The smallest absolute Gasteiger partial charge is 0.260 e. The van der Waals surface area contributed by atoms with Gasteiger partial charge in [-0.05, 0) is 19.0 Å². The molecular weight excluding hydrogens is 266 g/mol. The molecule has 0 radical (unpaired) electrons. The molecular formula is C16H17N3O2. The zero-order chi connectivity index (χ0) is 15.0. The summed E-state index contributed by atoms with van der Waals surface area (Å²) in [7, 11) is 1.97. The molecule has 3 N–H and O–H groups in total. The minimum atomic E-state index is -0.398. The average molecular weight is 283 g/mol. The Morgan fingerprint density at radius 2 is 2.00 bits per heavy atom. The van der Waals surface area contributed by atoms with E-state index in [1.54, 1.807) is 0 Å². The minimum Gasteiger partial charge on any atom is -0.494 e. The Kier molecular flexibility index (Phi) is 3.35. The lowest BCUT2D eigenvalue weighted by molar-refractivity contribution is 0.301. The molecule has 2 aromatic rings. The van der Waals surface area contributed by atoms with Crippen molar-refractivity contribution < 1.29 is 5.11 Å². The van der Waals surface area contributed by atoms with E-state index in [1.165, 1.54) is 0 Å². The largest absolute Gasteiger partial charge is 0.494 e. The van der Waals surface area contributed by atoms with Crippen molar-refractivity contribution in [1.29, 1.82) is 5.41 Å². The van der Waals surface area contributed by atoms with Crippen molar-refractivity contribution in [2.24, 2.45) is 0 Å². The first-order valence-corrected chi connectivity index (χ1v) is 6.88. The Balaban J connectivity index is 2.17. The molecule has 0 unspecified atom stereocenters. The van der Waals surface area contributed by atoms with Gasteiger partial charge in [-0.3, -0.25) is 15.2 Å². The first-order chi connectivity index (χ1) is 10.1. The molecule has 1 aliphatic heterocycles. The van der Waals surface area contributed by atoms with Gasteiger partial charge in [-0.1, -0.05) is 30.3 Å². The van der Waals surface area contributed by atoms with E-state index in [4.69, 9.17) is 5.41 Å². The van der Waals surface area contributed by atoms with E-state index in [9.17, 15) is 9.90 Å². The van der Waals surface area contributed by atoms with Crippen molar-refractivity contribution in [1.82, 2.24) is 9.88 Å². The summed E-state index contributed by atoms with van der Waals surface area (Å²) >= 11 is 0. The molecule has 0 bridgehead atoms. The summed E-state index contributed by atoms with van der Waals surface area (Å²) in [6.45, 7) is 1.39. The molecule has 0 amide bonds. The van der Waals surface area contributed by atoms with Gasteiger partial charge >= 0.3 is 0 Å². The monoisotopic (exact) mass is 283 g/mol. The number of rotatable bonds is 2. The Labute approximate surface area is 122 Å². The second-order valence-corrected chi connectivity index (χ2v) is 5.36. The van der Waals surface area contributed by atoms with Gasteiger partial charge in [0.25, 0.3) is 5.56 Å². The van der Waals surface area contributed by atoms with E-state index in [2.05, 4.69) is 9.88 Å². The average Bonchev–Trinajstić information content (AvgIpc) is 2.48. The molecule has 0 aliphatic carbocycles. The van der Waals surface area contributed by atoms with Crippen LogP contribution in [0.1, 0.15) is 22.3 Å². The van der Waals surface area contributed by atoms with Gasteiger partial charge in [0.05, 0.1) is 11.3 Å². The number of likely N-dealkylation sites (N-methyl/N-ethyl adjacent to an activating group) is 1. The molecule has 0 atom stereocenters. The van der Waals surface area contributed by atoms with E-state index >= 15 is 0 Å². The number of nitrogens with zero attached hydrogens (tertiary/aromatic N) is 1. The van der Waals surface area contributed by atoms with Crippen molar-refractivity contribution in [3.8, 4) is 5.88 Å². The number of aromatic amines is 1. The quantitative estimate of drug-likeness (QED) is 0.730. The number of aromatic nitrogens is 1. The van der Waals surface area contributed by atoms with Gasteiger partial charge in [-0.15, -0.1) is 0 Å². The van der Waals surface area contributed by atoms with E-state index in [0.717, 1.165) is 17.7 Å². The van der Waals surface area contributed by atoms with Crippen molar-refractivity contribution >= 4 is 5.71 Å². The Bertz CT molecular complexity index is 750. The summed E-state index contributed by atoms with van der Waals surface area (Å²) < 4.78 is 0. The number of hydrogen-bond donors (Lipinski definition) is 3. The maximum absolute atomic E-state index is 12.2. The molecule has 1 aliphatic rings.